The van der Waals surface area contributed by atoms with Crippen LogP contribution in [0.2, 0.25) is 0 Å². The van der Waals surface area contributed by atoms with Gasteiger partial charge < -0.3 is 51.9 Å². The summed E-state index contributed by atoms with van der Waals surface area (Å²) >= 11 is 0. The summed E-state index contributed by atoms with van der Waals surface area (Å²) in [6, 6.07) is 9.45. The van der Waals surface area contributed by atoms with E-state index in [2.05, 4.69) is 31.9 Å². The molecule has 4 rings (SSSR count). The van der Waals surface area contributed by atoms with E-state index in [0.29, 0.717) is 64.5 Å². The highest BCUT2D eigenvalue weighted by atomic mass is 16.3. The van der Waals surface area contributed by atoms with Gasteiger partial charge in [0.1, 0.15) is 23.6 Å². The Morgan fingerprint density at radius 2 is 1.00 bits per heavy atom. The number of benzene rings is 2. The van der Waals surface area contributed by atoms with E-state index in [4.69, 9.17) is 0 Å². The van der Waals surface area contributed by atoms with Gasteiger partial charge >= 0.3 is 0 Å². The van der Waals surface area contributed by atoms with E-state index in [1.54, 1.807) is 62.0 Å². The first-order valence-electron chi connectivity index (χ1n) is 20.5. The third-order valence-corrected chi connectivity index (χ3v) is 11.2. The minimum atomic E-state index is -0.770. The number of para-hydroxylation sites is 2. The third kappa shape index (κ3) is 12.6. The molecule has 0 bridgehead atoms. The molecule has 58 heavy (non-hydrogen) atoms. The third-order valence-electron chi connectivity index (χ3n) is 11.2. The second-order valence-electron chi connectivity index (χ2n) is 15.2. The average molecular weight is 807 g/mol. The van der Waals surface area contributed by atoms with Crippen molar-refractivity contribution in [2.75, 3.05) is 40.3 Å². The van der Waals surface area contributed by atoms with Crippen molar-refractivity contribution in [2.45, 2.75) is 114 Å². The Morgan fingerprint density at radius 3 is 1.36 bits per heavy atom. The van der Waals surface area contributed by atoms with Crippen LogP contribution in [-0.4, -0.2) is 132 Å². The minimum Gasteiger partial charge on any atom is -0.507 e. The molecule has 6 amide bonds. The summed E-state index contributed by atoms with van der Waals surface area (Å²) in [6.07, 6.45) is 6.37. The number of carbonyl (C=O) groups is 6. The van der Waals surface area contributed by atoms with Crippen molar-refractivity contribution < 1.29 is 39.0 Å². The van der Waals surface area contributed by atoms with Gasteiger partial charge in [0.05, 0.1) is 23.2 Å². The molecule has 8 N–H and O–H groups in total. The maximum atomic E-state index is 14.0. The fourth-order valence-corrected chi connectivity index (χ4v) is 7.44. The average Bonchev–Trinajstić information content (AvgIpc) is 3.91. The van der Waals surface area contributed by atoms with Gasteiger partial charge in [0.2, 0.25) is 23.6 Å². The molecule has 0 radical (unpaired) electrons. The summed E-state index contributed by atoms with van der Waals surface area (Å²) in [4.78, 5) is 82.9. The van der Waals surface area contributed by atoms with Gasteiger partial charge in [-0.15, -0.1) is 0 Å². The van der Waals surface area contributed by atoms with Crippen LogP contribution in [0.4, 0.5) is 0 Å². The standard InChI is InChI=1S/C42H62N8O8/c1-27(43-3)37(53)47-33(41(57)49-23-13-15-29(49)25-45-39(55)31-17-9-11-21-35(31)51)19-7-5-6-8-20-34(48-38(54)28(2)44-4)42(58)50-24-14-16-30(50)26-46-40(56)32-18-10-12-22-36(32)52/h9-12,17-18,21-22,27-30,33-34,43-44,51-52H,5-8,13-16,19-20,23-26H2,1-4H3,(H,45,55)(H,46,56)(H,47,53)(H,48,54)/t27-,28-,29-,30-,33-,34-/m0/s1. The summed E-state index contributed by atoms with van der Waals surface area (Å²) in [5.41, 5.74) is 0.310. The highest BCUT2D eigenvalue weighted by Gasteiger charge is 2.36. The molecule has 2 fully saturated rings. The number of amides is 6. The van der Waals surface area contributed by atoms with Gasteiger partial charge in [-0.2, -0.15) is 0 Å². The maximum absolute atomic E-state index is 14.0. The highest BCUT2D eigenvalue weighted by molar-refractivity contribution is 5.97. The fraction of sp³-hybridized carbons (Fsp3) is 0.571. The van der Waals surface area contributed by atoms with Crippen LogP contribution in [0, 0.1) is 0 Å². The first-order valence-corrected chi connectivity index (χ1v) is 20.5. The number of hydrogen-bond donors (Lipinski definition) is 8. The molecule has 6 atom stereocenters. The zero-order chi connectivity index (χ0) is 42.2. The summed E-state index contributed by atoms with van der Waals surface area (Å²) in [6.45, 7) is 4.85. The van der Waals surface area contributed by atoms with Crippen molar-refractivity contribution >= 4 is 35.4 Å². The zero-order valence-electron chi connectivity index (χ0n) is 34.2. The SMILES string of the molecule is CN[C@@H](C)C(=O)N[C@@H](CCCCCC[C@H](NC(=O)[C@H](C)NC)C(=O)N1CCC[C@H]1CNC(=O)c1ccccc1O)C(=O)N1CCC[C@H]1CNC(=O)c1ccccc1O. The van der Waals surface area contributed by atoms with Crippen molar-refractivity contribution in [1.82, 2.24) is 41.7 Å². The molecule has 0 aliphatic carbocycles. The van der Waals surface area contributed by atoms with Crippen molar-refractivity contribution in [1.29, 1.82) is 0 Å². The van der Waals surface area contributed by atoms with E-state index in [-0.39, 0.29) is 71.4 Å². The molecular formula is C42H62N8O8. The number of nitrogens with one attached hydrogen (secondary N) is 6. The first kappa shape index (κ1) is 45.5. The van der Waals surface area contributed by atoms with Crippen LogP contribution in [0.1, 0.15) is 98.8 Å². The van der Waals surface area contributed by atoms with Gasteiger partial charge in [-0.1, -0.05) is 49.9 Å². The van der Waals surface area contributed by atoms with Gasteiger partial charge in [0, 0.05) is 38.3 Å². The van der Waals surface area contributed by atoms with Crippen LogP contribution in [-0.2, 0) is 19.2 Å². The molecule has 2 aliphatic rings. The Labute approximate surface area is 341 Å². The number of unbranched alkanes of at least 4 members (excludes halogenated alkanes) is 3. The monoisotopic (exact) mass is 806 g/mol. The van der Waals surface area contributed by atoms with Crippen LogP contribution < -0.4 is 31.9 Å². The number of rotatable bonds is 21. The van der Waals surface area contributed by atoms with E-state index in [9.17, 15) is 39.0 Å². The summed E-state index contributed by atoms with van der Waals surface area (Å²) in [5.74, 6) is -2.12. The summed E-state index contributed by atoms with van der Waals surface area (Å²) in [7, 11) is 3.34. The molecule has 2 aromatic carbocycles. The Balaban J connectivity index is 1.33. The largest absolute Gasteiger partial charge is 0.507 e. The molecule has 16 nitrogen and oxygen atoms in total. The second-order valence-corrected chi connectivity index (χ2v) is 15.2. The molecule has 2 heterocycles. The molecule has 2 aliphatic heterocycles. The molecule has 2 aromatic rings. The lowest BCUT2D eigenvalue weighted by atomic mass is 10.0. The van der Waals surface area contributed by atoms with Gasteiger partial charge in [-0.25, -0.2) is 0 Å². The van der Waals surface area contributed by atoms with E-state index in [0.717, 1.165) is 12.8 Å². The number of likely N-dealkylation sites (N-methyl/N-ethyl adjacent to an activating group) is 2. The maximum Gasteiger partial charge on any atom is 0.255 e. The number of phenols is 2. The number of hydrogen-bond acceptors (Lipinski definition) is 10. The van der Waals surface area contributed by atoms with Gasteiger partial charge in [0.15, 0.2) is 0 Å². The topological polar surface area (TPSA) is 222 Å². The highest BCUT2D eigenvalue weighted by Crippen LogP contribution is 2.23. The number of carbonyl (C=O) groups excluding carboxylic acids is 6. The molecule has 0 spiro atoms. The van der Waals surface area contributed by atoms with Crippen LogP contribution in [0.5, 0.6) is 11.5 Å². The number of aromatic hydroxyl groups is 2. The Hall–Kier alpha value is -5.22. The van der Waals surface area contributed by atoms with Gasteiger partial charge in [-0.05, 0) is 90.7 Å². The van der Waals surface area contributed by atoms with E-state index in [1.165, 1.54) is 24.3 Å². The summed E-state index contributed by atoms with van der Waals surface area (Å²) in [5, 5.41) is 37.6. The lowest BCUT2D eigenvalue weighted by molar-refractivity contribution is -0.137. The van der Waals surface area contributed by atoms with E-state index < -0.39 is 36.0 Å². The van der Waals surface area contributed by atoms with Gasteiger partial charge in [0.25, 0.3) is 11.8 Å². The molecule has 16 heteroatoms. The number of likely N-dealkylation sites (tertiary alicyclic amines) is 2. The predicted octanol–water partition coefficient (Wildman–Crippen LogP) is 1.77. The first-order chi connectivity index (χ1) is 27.9. The molecule has 0 saturated carbocycles. The molecule has 0 unspecified atom stereocenters. The minimum absolute atomic E-state index is 0.124. The molecule has 318 valence electrons. The number of nitrogens with zero attached hydrogens (tertiary/aromatic N) is 2. The lowest BCUT2D eigenvalue weighted by Gasteiger charge is -2.30. The van der Waals surface area contributed by atoms with Crippen LogP contribution in [0.25, 0.3) is 0 Å². The van der Waals surface area contributed by atoms with Gasteiger partial charge in [-0.3, -0.25) is 28.8 Å². The Kier molecular flexibility index (Phi) is 17.8. The van der Waals surface area contributed by atoms with Crippen LogP contribution in [0.15, 0.2) is 48.5 Å². The van der Waals surface area contributed by atoms with E-state index in [1.807, 2.05) is 0 Å². The Morgan fingerprint density at radius 1 is 0.621 bits per heavy atom. The molecule has 2 saturated heterocycles. The van der Waals surface area contributed by atoms with Crippen molar-refractivity contribution in [3.8, 4) is 11.5 Å². The quantitative estimate of drug-likeness (QED) is 0.0855. The van der Waals surface area contributed by atoms with Crippen molar-refractivity contribution in [3.05, 3.63) is 59.7 Å². The Bertz CT molecular complexity index is 1600. The fourth-order valence-electron chi connectivity index (χ4n) is 7.44. The van der Waals surface area contributed by atoms with Crippen LogP contribution >= 0.6 is 0 Å². The summed E-state index contributed by atoms with van der Waals surface area (Å²) < 4.78 is 0. The zero-order valence-corrected chi connectivity index (χ0v) is 34.2. The van der Waals surface area contributed by atoms with Crippen molar-refractivity contribution in [3.63, 3.8) is 0 Å². The van der Waals surface area contributed by atoms with Crippen molar-refractivity contribution in [2.24, 2.45) is 0 Å². The molecular weight excluding hydrogens is 745 g/mol. The smallest absolute Gasteiger partial charge is 0.255 e. The predicted molar refractivity (Wildman–Crippen MR) is 219 cm³/mol. The lowest BCUT2D eigenvalue weighted by Crippen LogP contribution is -2.54. The second kappa shape index (κ2) is 22.6. The molecule has 0 aromatic heterocycles. The normalized spacial score (nSPS) is 18.5. The van der Waals surface area contributed by atoms with Crippen LogP contribution in [0.3, 0.4) is 0 Å². The van der Waals surface area contributed by atoms with E-state index >= 15 is 0 Å². The number of phenolic OH excluding ortho intramolecular Hbond substituents is 2.